The van der Waals surface area contributed by atoms with E-state index in [4.69, 9.17) is 0 Å². The topological polar surface area (TPSA) is 9.86 Å². The lowest BCUT2D eigenvalue weighted by molar-refractivity contribution is -0.138. The molecule has 0 aliphatic carbocycles. The van der Waals surface area contributed by atoms with Crippen LogP contribution in [0.2, 0.25) is 0 Å². The number of hydrogen-bond acceptors (Lipinski definition) is 0. The van der Waals surface area contributed by atoms with E-state index in [0.717, 1.165) is 72.6 Å². The van der Waals surface area contributed by atoms with Gasteiger partial charge in [-0.25, -0.2) is 0 Å². The SMILES string of the molecule is CC(C)(C)c1c(-c2cccc(C(F)(F)F)c2)c(-n2c3ccccc3c3ccccc32)c(-c2cccc(C(F)(F)F)c2)c(C(C)(C)C)c1-n1c2ccccc2c2ccccc21. The maximum atomic E-state index is 14.9. The van der Waals surface area contributed by atoms with Gasteiger partial charge in [0.25, 0.3) is 0 Å². The Kier molecular flexibility index (Phi) is 8.90. The van der Waals surface area contributed by atoms with Gasteiger partial charge in [0.15, 0.2) is 0 Å². The maximum Gasteiger partial charge on any atom is 0.416 e. The molecule has 2 heterocycles. The fourth-order valence-corrected chi connectivity index (χ4v) is 9.22. The first kappa shape index (κ1) is 39.2. The molecule has 2 nitrogen and oxygen atoms in total. The first-order chi connectivity index (χ1) is 28.4. The quantitative estimate of drug-likeness (QED) is 0.157. The van der Waals surface area contributed by atoms with Crippen LogP contribution in [0.15, 0.2) is 146 Å². The van der Waals surface area contributed by atoms with Crippen LogP contribution >= 0.6 is 0 Å². The van der Waals surface area contributed by atoms with Gasteiger partial charge in [0.1, 0.15) is 0 Å². The number of alkyl halides is 6. The van der Waals surface area contributed by atoms with Crippen LogP contribution in [0, 0.1) is 0 Å². The van der Waals surface area contributed by atoms with E-state index < -0.39 is 34.3 Å². The molecule has 0 radical (unpaired) electrons. The lowest BCUT2D eigenvalue weighted by Gasteiger charge is -2.38. The van der Waals surface area contributed by atoms with Crippen molar-refractivity contribution in [3.8, 4) is 33.6 Å². The van der Waals surface area contributed by atoms with Crippen LogP contribution in [0.3, 0.4) is 0 Å². The molecule has 9 rings (SSSR count). The summed E-state index contributed by atoms with van der Waals surface area (Å²) in [6, 6.07) is 42.4. The predicted octanol–water partition coefficient (Wildman–Crippen LogP) is 15.8. The van der Waals surface area contributed by atoms with Gasteiger partial charge in [-0.1, -0.05) is 139 Å². The van der Waals surface area contributed by atoms with Crippen LogP contribution in [0.4, 0.5) is 26.3 Å². The summed E-state index contributed by atoms with van der Waals surface area (Å²) in [5, 5.41) is 3.75. The molecule has 9 aromatic rings. The Morgan fingerprint density at radius 3 is 0.950 bits per heavy atom. The van der Waals surface area contributed by atoms with Crippen molar-refractivity contribution in [2.45, 2.75) is 64.7 Å². The molecular weight excluding hydrogens is 767 g/mol. The summed E-state index contributed by atoms with van der Waals surface area (Å²) < 4.78 is 93.4. The minimum absolute atomic E-state index is 0.294. The fourth-order valence-electron chi connectivity index (χ4n) is 9.22. The summed E-state index contributed by atoms with van der Waals surface area (Å²) in [4.78, 5) is 0. The first-order valence-corrected chi connectivity index (χ1v) is 19.9. The zero-order chi connectivity index (χ0) is 42.5. The van der Waals surface area contributed by atoms with Gasteiger partial charge in [0.2, 0.25) is 0 Å². The molecule has 0 aliphatic rings. The third kappa shape index (κ3) is 6.27. The maximum absolute atomic E-state index is 14.9. The second-order valence-electron chi connectivity index (χ2n) is 17.6. The van der Waals surface area contributed by atoms with Crippen LogP contribution in [-0.2, 0) is 23.2 Å². The van der Waals surface area contributed by atoms with Crippen molar-refractivity contribution >= 4 is 43.6 Å². The van der Waals surface area contributed by atoms with Crippen molar-refractivity contribution in [3.63, 3.8) is 0 Å². The van der Waals surface area contributed by atoms with Gasteiger partial charge < -0.3 is 9.13 Å². The lowest BCUT2D eigenvalue weighted by Crippen LogP contribution is -2.26. The normalized spacial score (nSPS) is 13.0. The van der Waals surface area contributed by atoms with Gasteiger partial charge in [0, 0.05) is 32.7 Å². The van der Waals surface area contributed by atoms with E-state index in [9.17, 15) is 26.3 Å². The molecular formula is C52H42F6N2. The fraction of sp³-hybridized carbons (Fsp3) is 0.192. The summed E-state index contributed by atoms with van der Waals surface area (Å²) in [5.41, 5.74) is 4.41. The van der Waals surface area contributed by atoms with E-state index in [0.29, 0.717) is 27.9 Å². The molecule has 8 heteroatoms. The Hall–Kier alpha value is -6.28. The third-order valence-corrected chi connectivity index (χ3v) is 11.5. The van der Waals surface area contributed by atoms with Crippen LogP contribution < -0.4 is 0 Å². The Morgan fingerprint density at radius 1 is 0.350 bits per heavy atom. The van der Waals surface area contributed by atoms with E-state index in [1.165, 1.54) is 24.3 Å². The molecule has 0 N–H and O–H groups in total. The van der Waals surface area contributed by atoms with Gasteiger partial charge in [-0.15, -0.1) is 0 Å². The average molecular weight is 809 g/mol. The number of aromatic nitrogens is 2. The molecule has 2 aromatic heterocycles. The number of benzene rings is 7. The second kappa shape index (κ2) is 13.6. The minimum atomic E-state index is -4.67. The minimum Gasteiger partial charge on any atom is -0.309 e. The third-order valence-electron chi connectivity index (χ3n) is 11.5. The van der Waals surface area contributed by atoms with E-state index in [1.807, 2.05) is 84.9 Å². The predicted molar refractivity (Wildman–Crippen MR) is 233 cm³/mol. The molecule has 0 saturated carbocycles. The second-order valence-corrected chi connectivity index (χ2v) is 17.6. The largest absolute Gasteiger partial charge is 0.416 e. The van der Waals surface area contributed by atoms with E-state index in [2.05, 4.69) is 62.8 Å². The number of halogens is 6. The Balaban J connectivity index is 1.67. The summed E-state index contributed by atoms with van der Waals surface area (Å²) in [7, 11) is 0. The highest BCUT2D eigenvalue weighted by atomic mass is 19.4. The molecule has 302 valence electrons. The highest BCUT2D eigenvalue weighted by Crippen LogP contribution is 2.55. The number of hydrogen-bond donors (Lipinski definition) is 0. The first-order valence-electron chi connectivity index (χ1n) is 19.9. The number of nitrogens with zero attached hydrogens (tertiary/aromatic N) is 2. The summed E-state index contributed by atoms with van der Waals surface area (Å²) in [6.45, 7) is 12.4. The average Bonchev–Trinajstić information content (AvgIpc) is 3.71. The number of fused-ring (bicyclic) bond motifs is 6. The number of para-hydroxylation sites is 4. The highest BCUT2D eigenvalue weighted by molar-refractivity contribution is 6.13. The van der Waals surface area contributed by atoms with Crippen molar-refractivity contribution in [3.05, 3.63) is 168 Å². The molecule has 0 unspecified atom stereocenters. The standard InChI is InChI=1S/C52H42F6N2/c1-49(2,3)45-43(31-17-15-19-33(29-31)51(53,54)55)47(59-39-25-11-7-21-35(39)36-22-8-12-26-40(36)59)44(32-18-16-20-34(30-32)52(56,57)58)46(50(4,5)6)48(45)60-41-27-13-9-23-37(41)38-24-10-14-28-42(38)60/h7-30H,1-6H3. The van der Waals surface area contributed by atoms with Crippen molar-refractivity contribution in [1.29, 1.82) is 0 Å². The highest BCUT2D eigenvalue weighted by Gasteiger charge is 2.40. The van der Waals surface area contributed by atoms with Crippen LogP contribution in [-0.4, -0.2) is 9.13 Å². The number of rotatable bonds is 4. The molecule has 7 aromatic carbocycles. The Morgan fingerprint density at radius 2 is 0.650 bits per heavy atom. The van der Waals surface area contributed by atoms with Gasteiger partial charge in [-0.2, -0.15) is 26.3 Å². The lowest BCUT2D eigenvalue weighted by atomic mass is 9.71. The summed E-state index contributed by atoms with van der Waals surface area (Å²) in [5.74, 6) is 0. The smallest absolute Gasteiger partial charge is 0.309 e. The Labute approximate surface area is 344 Å². The van der Waals surface area contributed by atoms with E-state index in [-0.39, 0.29) is 0 Å². The molecule has 0 bridgehead atoms. The van der Waals surface area contributed by atoms with Crippen LogP contribution in [0.5, 0.6) is 0 Å². The molecule has 0 saturated heterocycles. The zero-order valence-corrected chi connectivity index (χ0v) is 34.0. The van der Waals surface area contributed by atoms with Gasteiger partial charge in [-0.05, 0) is 81.6 Å². The van der Waals surface area contributed by atoms with E-state index in [1.54, 1.807) is 12.1 Å². The van der Waals surface area contributed by atoms with Crippen molar-refractivity contribution in [2.75, 3.05) is 0 Å². The van der Waals surface area contributed by atoms with Crippen molar-refractivity contribution < 1.29 is 26.3 Å². The summed E-state index contributed by atoms with van der Waals surface area (Å²) >= 11 is 0. The summed E-state index contributed by atoms with van der Waals surface area (Å²) in [6.07, 6.45) is -9.34. The molecule has 0 spiro atoms. The van der Waals surface area contributed by atoms with Crippen LogP contribution in [0.1, 0.15) is 63.8 Å². The molecule has 0 amide bonds. The monoisotopic (exact) mass is 808 g/mol. The Bertz CT molecular complexity index is 2940. The molecule has 0 atom stereocenters. The van der Waals surface area contributed by atoms with Crippen LogP contribution in [0.25, 0.3) is 77.2 Å². The van der Waals surface area contributed by atoms with Crippen molar-refractivity contribution in [1.82, 2.24) is 9.13 Å². The van der Waals surface area contributed by atoms with E-state index >= 15 is 0 Å². The van der Waals surface area contributed by atoms with Crippen molar-refractivity contribution in [2.24, 2.45) is 0 Å². The molecule has 0 fully saturated rings. The van der Waals surface area contributed by atoms with Gasteiger partial charge in [-0.3, -0.25) is 0 Å². The zero-order valence-electron chi connectivity index (χ0n) is 34.0. The van der Waals surface area contributed by atoms with Gasteiger partial charge >= 0.3 is 12.4 Å². The van der Waals surface area contributed by atoms with Gasteiger partial charge in [0.05, 0.1) is 44.6 Å². The molecule has 0 aliphatic heterocycles. The molecule has 60 heavy (non-hydrogen) atoms.